The number of hydrogen-bond acceptors (Lipinski definition) is 3. The summed E-state index contributed by atoms with van der Waals surface area (Å²) >= 11 is 0. The molecule has 2 heterocycles. The standard InChI is InChI=1S/C15H28N2O2/c1-6-7-8-11-12(18)16-15(19-11)9-13(2,3)17-14(4,5)10-15/h11,17H,6-10H2,1-5H3,(H,16,18). The van der Waals surface area contributed by atoms with Gasteiger partial charge < -0.3 is 15.4 Å². The number of nitrogens with one attached hydrogen (secondary N) is 2. The Balaban J connectivity index is 2.13. The zero-order chi connectivity index (χ0) is 14.3. The number of hydrogen-bond donors (Lipinski definition) is 2. The first-order valence-electron chi connectivity index (χ1n) is 7.46. The van der Waals surface area contributed by atoms with Gasteiger partial charge in [-0.15, -0.1) is 0 Å². The Bertz CT molecular complexity index is 347. The van der Waals surface area contributed by atoms with Gasteiger partial charge in [0, 0.05) is 23.9 Å². The Labute approximate surface area is 116 Å². The van der Waals surface area contributed by atoms with Crippen LogP contribution in [0.25, 0.3) is 0 Å². The van der Waals surface area contributed by atoms with E-state index in [0.29, 0.717) is 0 Å². The molecule has 19 heavy (non-hydrogen) atoms. The largest absolute Gasteiger partial charge is 0.343 e. The fourth-order valence-electron chi connectivity index (χ4n) is 3.91. The van der Waals surface area contributed by atoms with Crippen molar-refractivity contribution in [3.8, 4) is 0 Å². The van der Waals surface area contributed by atoms with Crippen molar-refractivity contribution in [1.29, 1.82) is 0 Å². The Morgan fingerprint density at radius 1 is 1.21 bits per heavy atom. The lowest BCUT2D eigenvalue weighted by Crippen LogP contribution is -2.66. The minimum absolute atomic E-state index is 0.0331. The summed E-state index contributed by atoms with van der Waals surface area (Å²) in [5.74, 6) is 0.0713. The van der Waals surface area contributed by atoms with Crippen molar-refractivity contribution in [2.24, 2.45) is 0 Å². The van der Waals surface area contributed by atoms with Gasteiger partial charge in [-0.25, -0.2) is 0 Å². The molecule has 1 amide bonds. The van der Waals surface area contributed by atoms with Crippen molar-refractivity contribution >= 4 is 5.91 Å². The summed E-state index contributed by atoms with van der Waals surface area (Å²) in [4.78, 5) is 12.1. The van der Waals surface area contributed by atoms with E-state index < -0.39 is 5.72 Å². The lowest BCUT2D eigenvalue weighted by Gasteiger charge is -2.50. The van der Waals surface area contributed by atoms with Crippen LogP contribution in [0.2, 0.25) is 0 Å². The van der Waals surface area contributed by atoms with Gasteiger partial charge in [-0.3, -0.25) is 4.79 Å². The second kappa shape index (κ2) is 4.74. The highest BCUT2D eigenvalue weighted by Gasteiger charge is 2.54. The fourth-order valence-corrected chi connectivity index (χ4v) is 3.91. The van der Waals surface area contributed by atoms with Crippen LogP contribution in [-0.2, 0) is 9.53 Å². The van der Waals surface area contributed by atoms with Crippen molar-refractivity contribution in [1.82, 2.24) is 10.6 Å². The third-order valence-electron chi connectivity index (χ3n) is 3.96. The number of ether oxygens (including phenoxy) is 1. The van der Waals surface area contributed by atoms with Gasteiger partial charge in [0.15, 0.2) is 0 Å². The maximum Gasteiger partial charge on any atom is 0.251 e. The summed E-state index contributed by atoms with van der Waals surface area (Å²) in [6.45, 7) is 10.8. The molecule has 1 atom stereocenters. The van der Waals surface area contributed by atoms with Crippen molar-refractivity contribution in [3.05, 3.63) is 0 Å². The molecule has 110 valence electrons. The molecule has 0 saturated carbocycles. The van der Waals surface area contributed by atoms with E-state index in [2.05, 4.69) is 45.3 Å². The van der Waals surface area contributed by atoms with Gasteiger partial charge in [0.05, 0.1) is 0 Å². The molecule has 0 bridgehead atoms. The number of rotatable bonds is 3. The monoisotopic (exact) mass is 268 g/mol. The Morgan fingerprint density at radius 3 is 2.32 bits per heavy atom. The second-order valence-electron chi connectivity index (χ2n) is 7.48. The molecule has 0 aromatic heterocycles. The third-order valence-corrected chi connectivity index (χ3v) is 3.96. The number of carbonyl (C=O) groups excluding carboxylic acids is 1. The SMILES string of the molecule is CCCCC1OC2(CC(C)(C)NC(C)(C)C2)NC1=O. The zero-order valence-corrected chi connectivity index (χ0v) is 12.9. The van der Waals surface area contributed by atoms with Crippen molar-refractivity contribution in [3.63, 3.8) is 0 Å². The van der Waals surface area contributed by atoms with E-state index in [1.54, 1.807) is 0 Å². The smallest absolute Gasteiger partial charge is 0.251 e. The number of unbranched alkanes of at least 4 members (excludes halogenated alkanes) is 1. The highest BCUT2D eigenvalue weighted by Crippen LogP contribution is 2.40. The highest BCUT2D eigenvalue weighted by atomic mass is 16.5. The Kier molecular flexibility index (Phi) is 3.69. The molecule has 0 radical (unpaired) electrons. The molecular weight excluding hydrogens is 240 g/mol. The van der Waals surface area contributed by atoms with Crippen LogP contribution in [0, 0.1) is 0 Å². The van der Waals surface area contributed by atoms with Crippen LogP contribution >= 0.6 is 0 Å². The lowest BCUT2D eigenvalue weighted by atomic mass is 9.77. The van der Waals surface area contributed by atoms with Crippen LogP contribution < -0.4 is 10.6 Å². The van der Waals surface area contributed by atoms with Crippen LogP contribution in [0.5, 0.6) is 0 Å². The first-order chi connectivity index (χ1) is 8.67. The normalized spacial score (nSPS) is 31.4. The molecule has 4 heteroatoms. The summed E-state index contributed by atoms with van der Waals surface area (Å²) in [6.07, 6.45) is 4.34. The highest BCUT2D eigenvalue weighted by molar-refractivity contribution is 5.83. The van der Waals surface area contributed by atoms with E-state index in [1.807, 2.05) is 0 Å². The van der Waals surface area contributed by atoms with Gasteiger partial charge >= 0.3 is 0 Å². The van der Waals surface area contributed by atoms with E-state index in [9.17, 15) is 4.79 Å². The summed E-state index contributed by atoms with van der Waals surface area (Å²) in [5.41, 5.74) is -0.545. The summed E-state index contributed by atoms with van der Waals surface area (Å²) in [7, 11) is 0. The summed E-state index contributed by atoms with van der Waals surface area (Å²) in [5, 5.41) is 6.76. The lowest BCUT2D eigenvalue weighted by molar-refractivity contribution is -0.127. The van der Waals surface area contributed by atoms with Gasteiger partial charge in [-0.2, -0.15) is 0 Å². The molecule has 1 unspecified atom stereocenters. The molecule has 2 saturated heterocycles. The predicted octanol–water partition coefficient (Wildman–Crippen LogP) is 2.33. The van der Waals surface area contributed by atoms with Crippen LogP contribution in [0.4, 0.5) is 0 Å². The van der Waals surface area contributed by atoms with Crippen LogP contribution in [0.1, 0.15) is 66.7 Å². The zero-order valence-electron chi connectivity index (χ0n) is 12.9. The molecular formula is C15H28N2O2. The van der Waals surface area contributed by atoms with Gasteiger partial charge in [0.2, 0.25) is 0 Å². The predicted molar refractivity (Wildman–Crippen MR) is 75.8 cm³/mol. The Morgan fingerprint density at radius 2 is 1.79 bits per heavy atom. The topological polar surface area (TPSA) is 50.4 Å². The maximum atomic E-state index is 12.1. The molecule has 0 aliphatic carbocycles. The number of piperidine rings is 1. The summed E-state index contributed by atoms with van der Waals surface area (Å²) < 4.78 is 6.17. The molecule has 2 N–H and O–H groups in total. The molecule has 2 aliphatic heterocycles. The van der Waals surface area contributed by atoms with Crippen LogP contribution in [0.15, 0.2) is 0 Å². The van der Waals surface area contributed by atoms with E-state index in [4.69, 9.17) is 4.74 Å². The molecule has 2 rings (SSSR count). The van der Waals surface area contributed by atoms with Gasteiger partial charge in [-0.1, -0.05) is 19.8 Å². The first-order valence-corrected chi connectivity index (χ1v) is 7.46. The first kappa shape index (κ1) is 14.8. The molecule has 0 aromatic rings. The van der Waals surface area contributed by atoms with Crippen LogP contribution in [0.3, 0.4) is 0 Å². The third kappa shape index (κ3) is 3.29. The van der Waals surface area contributed by atoms with Gasteiger partial charge in [-0.05, 0) is 34.1 Å². The molecule has 0 aromatic carbocycles. The number of amides is 1. The average Bonchev–Trinajstić information content (AvgIpc) is 2.45. The van der Waals surface area contributed by atoms with Crippen molar-refractivity contribution in [2.45, 2.75) is 89.6 Å². The molecule has 2 fully saturated rings. The quantitative estimate of drug-likeness (QED) is 0.826. The molecule has 2 aliphatic rings. The Hall–Kier alpha value is -0.610. The van der Waals surface area contributed by atoms with Gasteiger partial charge in [0.1, 0.15) is 11.8 Å². The molecule has 1 spiro atoms. The summed E-state index contributed by atoms with van der Waals surface area (Å²) in [6, 6.07) is 0. The van der Waals surface area contributed by atoms with E-state index in [1.165, 1.54) is 0 Å². The average molecular weight is 268 g/mol. The fraction of sp³-hybridized carbons (Fsp3) is 0.933. The molecule has 4 nitrogen and oxygen atoms in total. The van der Waals surface area contributed by atoms with Gasteiger partial charge in [0.25, 0.3) is 5.91 Å². The minimum Gasteiger partial charge on any atom is -0.343 e. The van der Waals surface area contributed by atoms with E-state index in [-0.39, 0.29) is 23.1 Å². The maximum absolute atomic E-state index is 12.1. The van der Waals surface area contributed by atoms with E-state index in [0.717, 1.165) is 32.1 Å². The van der Waals surface area contributed by atoms with Crippen molar-refractivity contribution in [2.75, 3.05) is 0 Å². The minimum atomic E-state index is -0.478. The van der Waals surface area contributed by atoms with Crippen LogP contribution in [-0.4, -0.2) is 28.8 Å². The van der Waals surface area contributed by atoms with Crippen molar-refractivity contribution < 1.29 is 9.53 Å². The number of carbonyl (C=O) groups is 1. The van der Waals surface area contributed by atoms with E-state index >= 15 is 0 Å². The second-order valence-corrected chi connectivity index (χ2v) is 7.48.